The van der Waals surface area contributed by atoms with Gasteiger partial charge in [0.2, 0.25) is 0 Å². The van der Waals surface area contributed by atoms with Crippen molar-refractivity contribution in [3.8, 4) is 73.7 Å². The summed E-state index contributed by atoms with van der Waals surface area (Å²) >= 11 is 0. The lowest BCUT2D eigenvalue weighted by Gasteiger charge is -2.14. The standard InChI is InChI=1S/C48H34N6/c49-31-40-29-37(32-23-25-33(26-24-32)44-42-21-10-11-22-43(42)50-45(51-44)34-13-4-1-5-14-34)27-28-41(40)38-19-12-20-39(30-38)48-53-46(35-15-6-2-7-16-35)52-47(54-48)36-17-8-3-9-18-36/h2-3,6-13,15-30H,1,4-5,14H2. The van der Waals surface area contributed by atoms with Crippen LogP contribution in [0.2, 0.25) is 0 Å². The largest absolute Gasteiger partial charge is 0.228 e. The van der Waals surface area contributed by atoms with Crippen molar-refractivity contribution in [2.24, 2.45) is 0 Å². The van der Waals surface area contributed by atoms with Crippen molar-refractivity contribution in [1.29, 1.82) is 5.26 Å². The number of para-hydroxylation sites is 1. The Hall–Kier alpha value is -7.10. The first-order chi connectivity index (χ1) is 26.7. The van der Waals surface area contributed by atoms with Gasteiger partial charge in [-0.1, -0.05) is 140 Å². The van der Waals surface area contributed by atoms with Crippen LogP contribution >= 0.6 is 0 Å². The summed E-state index contributed by atoms with van der Waals surface area (Å²) in [6.45, 7) is 0. The second-order valence-corrected chi connectivity index (χ2v) is 13.5. The molecule has 0 N–H and O–H groups in total. The van der Waals surface area contributed by atoms with Gasteiger partial charge in [0.25, 0.3) is 0 Å². The minimum absolute atomic E-state index is 0.568. The second-order valence-electron chi connectivity index (χ2n) is 13.5. The first kappa shape index (κ1) is 32.8. The first-order valence-corrected chi connectivity index (χ1v) is 18.3. The van der Waals surface area contributed by atoms with Crippen molar-refractivity contribution < 1.29 is 0 Å². The molecular weight excluding hydrogens is 661 g/mol. The lowest BCUT2D eigenvalue weighted by molar-refractivity contribution is 0.737. The molecule has 0 unspecified atom stereocenters. The molecule has 1 aliphatic carbocycles. The predicted octanol–water partition coefficient (Wildman–Crippen LogP) is 11.6. The second kappa shape index (κ2) is 14.5. The highest BCUT2D eigenvalue weighted by Gasteiger charge is 2.17. The average Bonchev–Trinajstić information content (AvgIpc) is 3.26. The number of aromatic nitrogens is 5. The summed E-state index contributed by atoms with van der Waals surface area (Å²) in [6, 6.07) is 53.2. The minimum Gasteiger partial charge on any atom is -0.228 e. The molecule has 0 fully saturated rings. The van der Waals surface area contributed by atoms with Crippen LogP contribution in [0.25, 0.3) is 84.2 Å². The van der Waals surface area contributed by atoms with Crippen molar-refractivity contribution in [1.82, 2.24) is 24.9 Å². The highest BCUT2D eigenvalue weighted by Crippen LogP contribution is 2.35. The van der Waals surface area contributed by atoms with Crippen LogP contribution in [-0.2, 0) is 0 Å². The van der Waals surface area contributed by atoms with Gasteiger partial charge < -0.3 is 0 Å². The van der Waals surface area contributed by atoms with E-state index >= 15 is 0 Å². The van der Waals surface area contributed by atoms with Gasteiger partial charge in [-0.15, -0.1) is 0 Å². The molecule has 0 atom stereocenters. The summed E-state index contributed by atoms with van der Waals surface area (Å²) in [5, 5.41) is 11.4. The molecule has 6 aromatic carbocycles. The summed E-state index contributed by atoms with van der Waals surface area (Å²) in [5.41, 5.74) is 11.2. The Morgan fingerprint density at radius 2 is 1.06 bits per heavy atom. The zero-order valence-corrected chi connectivity index (χ0v) is 29.5. The Morgan fingerprint density at radius 1 is 0.444 bits per heavy atom. The van der Waals surface area contributed by atoms with E-state index in [-0.39, 0.29) is 0 Å². The van der Waals surface area contributed by atoms with Crippen molar-refractivity contribution in [3.63, 3.8) is 0 Å². The molecule has 0 saturated carbocycles. The topological polar surface area (TPSA) is 88.2 Å². The van der Waals surface area contributed by atoms with Crippen LogP contribution in [0.4, 0.5) is 0 Å². The van der Waals surface area contributed by atoms with E-state index in [9.17, 15) is 5.26 Å². The van der Waals surface area contributed by atoms with E-state index in [1.165, 1.54) is 18.4 Å². The Morgan fingerprint density at radius 3 is 1.74 bits per heavy atom. The highest BCUT2D eigenvalue weighted by atomic mass is 15.0. The van der Waals surface area contributed by atoms with E-state index in [1.54, 1.807) is 0 Å². The zero-order valence-electron chi connectivity index (χ0n) is 29.5. The molecule has 1 aliphatic rings. The molecular formula is C48H34N6. The molecule has 6 nitrogen and oxygen atoms in total. The molecule has 54 heavy (non-hydrogen) atoms. The predicted molar refractivity (Wildman–Crippen MR) is 217 cm³/mol. The molecule has 2 aromatic heterocycles. The van der Waals surface area contributed by atoms with E-state index in [0.717, 1.165) is 79.8 Å². The third-order valence-corrected chi connectivity index (χ3v) is 9.94. The fourth-order valence-corrected chi connectivity index (χ4v) is 7.13. The summed E-state index contributed by atoms with van der Waals surface area (Å²) in [5.74, 6) is 2.61. The smallest absolute Gasteiger partial charge is 0.164 e. The van der Waals surface area contributed by atoms with Gasteiger partial charge in [-0.05, 0) is 71.7 Å². The summed E-state index contributed by atoms with van der Waals surface area (Å²) in [7, 11) is 0. The Bertz CT molecular complexity index is 2660. The zero-order chi connectivity index (χ0) is 36.3. The number of hydrogen-bond acceptors (Lipinski definition) is 6. The average molecular weight is 695 g/mol. The third kappa shape index (κ3) is 6.55. The van der Waals surface area contributed by atoms with Crippen molar-refractivity contribution in [3.05, 3.63) is 169 Å². The molecule has 6 heteroatoms. The maximum atomic E-state index is 10.4. The summed E-state index contributed by atoms with van der Waals surface area (Å²) in [6.07, 6.45) is 6.78. The van der Waals surface area contributed by atoms with E-state index in [4.69, 9.17) is 24.9 Å². The van der Waals surface area contributed by atoms with Crippen LogP contribution in [0.1, 0.15) is 37.1 Å². The number of nitriles is 1. The molecule has 0 bridgehead atoms. The number of hydrogen-bond donors (Lipinski definition) is 0. The van der Waals surface area contributed by atoms with Gasteiger partial charge in [-0.25, -0.2) is 24.9 Å². The van der Waals surface area contributed by atoms with Gasteiger partial charge in [0, 0.05) is 27.6 Å². The number of fused-ring (bicyclic) bond motifs is 1. The fraction of sp³-hybridized carbons (Fsp3) is 0.0833. The third-order valence-electron chi connectivity index (χ3n) is 9.94. The van der Waals surface area contributed by atoms with E-state index in [0.29, 0.717) is 23.0 Å². The number of nitrogens with zero attached hydrogens (tertiary/aromatic N) is 6. The molecule has 0 spiro atoms. The van der Waals surface area contributed by atoms with Gasteiger partial charge in [-0.3, -0.25) is 0 Å². The van der Waals surface area contributed by atoms with Crippen molar-refractivity contribution in [2.45, 2.75) is 25.7 Å². The summed E-state index contributed by atoms with van der Waals surface area (Å²) in [4.78, 5) is 24.7. The van der Waals surface area contributed by atoms with E-state index < -0.39 is 0 Å². The maximum Gasteiger partial charge on any atom is 0.164 e. The van der Waals surface area contributed by atoms with Gasteiger partial charge >= 0.3 is 0 Å². The Kier molecular flexibility index (Phi) is 8.80. The van der Waals surface area contributed by atoms with Gasteiger partial charge in [0.05, 0.1) is 22.8 Å². The molecule has 0 amide bonds. The molecule has 8 aromatic rings. The van der Waals surface area contributed by atoms with Crippen LogP contribution in [0.3, 0.4) is 0 Å². The van der Waals surface area contributed by atoms with E-state index in [1.807, 2.05) is 109 Å². The minimum atomic E-state index is 0.568. The fourth-order valence-electron chi connectivity index (χ4n) is 7.13. The van der Waals surface area contributed by atoms with Crippen LogP contribution in [-0.4, -0.2) is 24.9 Å². The van der Waals surface area contributed by atoms with Crippen LogP contribution in [0.5, 0.6) is 0 Å². The number of benzene rings is 6. The lowest BCUT2D eigenvalue weighted by atomic mass is 9.94. The lowest BCUT2D eigenvalue weighted by Crippen LogP contribution is -2.01. The normalized spacial score (nSPS) is 12.6. The quantitative estimate of drug-likeness (QED) is 0.165. The Balaban J connectivity index is 1.05. The monoisotopic (exact) mass is 694 g/mol. The van der Waals surface area contributed by atoms with Gasteiger partial charge in [0.1, 0.15) is 0 Å². The molecule has 9 rings (SSSR count). The molecule has 2 heterocycles. The first-order valence-electron chi connectivity index (χ1n) is 18.3. The number of rotatable bonds is 7. The van der Waals surface area contributed by atoms with Crippen molar-refractivity contribution >= 4 is 16.5 Å². The van der Waals surface area contributed by atoms with Gasteiger partial charge in [0.15, 0.2) is 23.3 Å². The molecule has 0 radical (unpaired) electrons. The molecule has 0 aliphatic heterocycles. The maximum absolute atomic E-state index is 10.4. The SMILES string of the molecule is N#Cc1cc(-c2ccc(-c3nc(C4=CCCCC4)nc4ccccc34)cc2)ccc1-c1cccc(-c2nc(-c3ccccc3)nc(-c3ccccc3)n2)c1. The van der Waals surface area contributed by atoms with Crippen LogP contribution in [0, 0.1) is 11.3 Å². The highest BCUT2D eigenvalue weighted by molar-refractivity contribution is 5.93. The number of allylic oxidation sites excluding steroid dienone is 2. The molecule has 0 saturated heterocycles. The van der Waals surface area contributed by atoms with Crippen LogP contribution < -0.4 is 0 Å². The van der Waals surface area contributed by atoms with E-state index in [2.05, 4.69) is 54.6 Å². The van der Waals surface area contributed by atoms with Crippen LogP contribution in [0.15, 0.2) is 158 Å². The van der Waals surface area contributed by atoms with Crippen molar-refractivity contribution in [2.75, 3.05) is 0 Å². The molecule has 256 valence electrons. The van der Waals surface area contributed by atoms with Gasteiger partial charge in [-0.2, -0.15) is 5.26 Å². The Labute approximate surface area is 314 Å². The summed E-state index contributed by atoms with van der Waals surface area (Å²) < 4.78 is 0.